The van der Waals surface area contributed by atoms with Gasteiger partial charge in [0.1, 0.15) is 5.82 Å². The summed E-state index contributed by atoms with van der Waals surface area (Å²) in [6, 6.07) is 13.0. The van der Waals surface area contributed by atoms with Gasteiger partial charge in [-0.25, -0.2) is 4.98 Å². The van der Waals surface area contributed by atoms with Gasteiger partial charge in [0.25, 0.3) is 0 Å². The lowest BCUT2D eigenvalue weighted by Crippen LogP contribution is -2.18. The lowest BCUT2D eigenvalue weighted by Gasteiger charge is -2.17. The second kappa shape index (κ2) is 6.56. The predicted octanol–water partition coefficient (Wildman–Crippen LogP) is 4.72. The lowest BCUT2D eigenvalue weighted by atomic mass is 9.98. The summed E-state index contributed by atoms with van der Waals surface area (Å²) in [7, 11) is 2.09. The minimum atomic E-state index is 0.554. The summed E-state index contributed by atoms with van der Waals surface area (Å²) in [6.45, 7) is 7.66. The van der Waals surface area contributed by atoms with Crippen LogP contribution in [0.15, 0.2) is 42.6 Å². The zero-order valence-corrected chi connectivity index (χ0v) is 12.9. The Hall–Kier alpha value is -1.83. The van der Waals surface area contributed by atoms with E-state index in [4.69, 9.17) is 0 Å². The average molecular weight is 268 g/mol. The summed E-state index contributed by atoms with van der Waals surface area (Å²) in [5.74, 6) is 1.59. The number of hydrogen-bond acceptors (Lipinski definition) is 2. The second-order valence-electron chi connectivity index (χ2n) is 5.61. The summed E-state index contributed by atoms with van der Waals surface area (Å²) < 4.78 is 0. The molecule has 0 aliphatic carbocycles. The van der Waals surface area contributed by atoms with Gasteiger partial charge in [-0.15, -0.1) is 0 Å². The van der Waals surface area contributed by atoms with Crippen LogP contribution in [-0.4, -0.2) is 18.6 Å². The number of aromatic nitrogens is 1. The number of rotatable bonds is 5. The van der Waals surface area contributed by atoms with Crippen molar-refractivity contribution in [1.29, 1.82) is 0 Å². The van der Waals surface area contributed by atoms with E-state index in [9.17, 15) is 0 Å². The molecule has 0 amide bonds. The minimum Gasteiger partial charge on any atom is -0.360 e. The first-order valence-corrected chi connectivity index (χ1v) is 7.39. The van der Waals surface area contributed by atoms with Gasteiger partial charge in [-0.2, -0.15) is 0 Å². The molecule has 0 aliphatic heterocycles. The molecule has 0 saturated heterocycles. The third-order valence-corrected chi connectivity index (χ3v) is 3.58. The van der Waals surface area contributed by atoms with Crippen LogP contribution in [0.3, 0.4) is 0 Å². The molecule has 106 valence electrons. The SMILES string of the molecule is CCCN(C)c1ccc(-c2cccc(C(C)C)c2)cn1. The zero-order valence-electron chi connectivity index (χ0n) is 12.9. The Morgan fingerprint density at radius 1 is 1.10 bits per heavy atom. The van der Waals surface area contributed by atoms with E-state index < -0.39 is 0 Å². The summed E-state index contributed by atoms with van der Waals surface area (Å²) >= 11 is 0. The molecule has 0 atom stereocenters. The van der Waals surface area contributed by atoms with Crippen LogP contribution in [0, 0.1) is 0 Å². The number of benzene rings is 1. The number of hydrogen-bond donors (Lipinski definition) is 0. The zero-order chi connectivity index (χ0) is 14.5. The van der Waals surface area contributed by atoms with Gasteiger partial charge in [0, 0.05) is 25.4 Å². The topological polar surface area (TPSA) is 16.1 Å². The van der Waals surface area contributed by atoms with Gasteiger partial charge in [-0.1, -0.05) is 45.0 Å². The molecule has 2 nitrogen and oxygen atoms in total. The van der Waals surface area contributed by atoms with Crippen LogP contribution in [0.25, 0.3) is 11.1 Å². The second-order valence-corrected chi connectivity index (χ2v) is 5.61. The van der Waals surface area contributed by atoms with E-state index in [2.05, 4.69) is 74.1 Å². The Balaban J connectivity index is 2.23. The Morgan fingerprint density at radius 2 is 1.90 bits per heavy atom. The highest BCUT2D eigenvalue weighted by Gasteiger charge is 2.05. The van der Waals surface area contributed by atoms with Gasteiger partial charge < -0.3 is 4.90 Å². The van der Waals surface area contributed by atoms with Crippen molar-refractivity contribution in [2.24, 2.45) is 0 Å². The van der Waals surface area contributed by atoms with Crippen LogP contribution in [0.5, 0.6) is 0 Å². The molecule has 1 aromatic heterocycles. The molecular weight excluding hydrogens is 244 g/mol. The number of anilines is 1. The van der Waals surface area contributed by atoms with Crippen LogP contribution in [0.1, 0.15) is 38.7 Å². The van der Waals surface area contributed by atoms with E-state index in [-0.39, 0.29) is 0 Å². The van der Waals surface area contributed by atoms with Crippen molar-refractivity contribution in [3.05, 3.63) is 48.2 Å². The third-order valence-electron chi connectivity index (χ3n) is 3.58. The molecule has 0 spiro atoms. The molecule has 1 aromatic carbocycles. The largest absolute Gasteiger partial charge is 0.360 e. The molecule has 2 rings (SSSR count). The first-order chi connectivity index (χ1) is 9.61. The Bertz CT molecular complexity index is 544. The predicted molar refractivity (Wildman–Crippen MR) is 87.3 cm³/mol. The third kappa shape index (κ3) is 3.38. The van der Waals surface area contributed by atoms with E-state index >= 15 is 0 Å². The molecule has 20 heavy (non-hydrogen) atoms. The summed E-state index contributed by atoms with van der Waals surface area (Å²) in [5.41, 5.74) is 3.80. The van der Waals surface area contributed by atoms with E-state index in [1.165, 1.54) is 16.7 Å². The first-order valence-electron chi connectivity index (χ1n) is 7.39. The van der Waals surface area contributed by atoms with Gasteiger partial charge in [0.05, 0.1) is 0 Å². The van der Waals surface area contributed by atoms with Gasteiger partial charge in [-0.3, -0.25) is 0 Å². The summed E-state index contributed by atoms with van der Waals surface area (Å²) in [5, 5.41) is 0. The van der Waals surface area contributed by atoms with Crippen molar-refractivity contribution in [2.45, 2.75) is 33.1 Å². The van der Waals surface area contributed by atoms with E-state index in [1.54, 1.807) is 0 Å². The number of pyridine rings is 1. The molecule has 1 heterocycles. The van der Waals surface area contributed by atoms with Crippen molar-refractivity contribution >= 4 is 5.82 Å². The lowest BCUT2D eigenvalue weighted by molar-refractivity contribution is 0.838. The smallest absolute Gasteiger partial charge is 0.128 e. The normalized spacial score (nSPS) is 10.8. The van der Waals surface area contributed by atoms with Crippen molar-refractivity contribution in [3.63, 3.8) is 0 Å². The minimum absolute atomic E-state index is 0.554. The molecule has 0 N–H and O–H groups in total. The fourth-order valence-corrected chi connectivity index (χ4v) is 2.31. The molecule has 2 aromatic rings. The summed E-state index contributed by atoms with van der Waals surface area (Å²) in [6.07, 6.45) is 3.11. The fourth-order valence-electron chi connectivity index (χ4n) is 2.31. The maximum atomic E-state index is 4.57. The Labute approximate surface area is 122 Å². The summed E-state index contributed by atoms with van der Waals surface area (Å²) in [4.78, 5) is 6.76. The molecule has 0 radical (unpaired) electrons. The van der Waals surface area contributed by atoms with Crippen LogP contribution in [-0.2, 0) is 0 Å². The van der Waals surface area contributed by atoms with Crippen molar-refractivity contribution in [1.82, 2.24) is 4.98 Å². The maximum absolute atomic E-state index is 4.57. The molecule has 0 fully saturated rings. The maximum Gasteiger partial charge on any atom is 0.128 e. The van der Waals surface area contributed by atoms with E-state index in [0.29, 0.717) is 5.92 Å². The van der Waals surface area contributed by atoms with E-state index in [0.717, 1.165) is 18.8 Å². The molecular formula is C18H24N2. The standard InChI is InChI=1S/C18H24N2/c1-5-11-20(4)18-10-9-17(13-19-18)16-8-6-7-15(12-16)14(2)3/h6-10,12-14H,5,11H2,1-4H3. The first kappa shape index (κ1) is 14.6. The Kier molecular flexibility index (Phi) is 4.78. The van der Waals surface area contributed by atoms with Gasteiger partial charge >= 0.3 is 0 Å². The van der Waals surface area contributed by atoms with E-state index in [1.807, 2.05) is 6.20 Å². The quantitative estimate of drug-likeness (QED) is 0.780. The molecule has 2 heteroatoms. The van der Waals surface area contributed by atoms with Gasteiger partial charge in [-0.05, 0) is 35.6 Å². The highest BCUT2D eigenvalue weighted by molar-refractivity contribution is 5.64. The van der Waals surface area contributed by atoms with Crippen molar-refractivity contribution in [3.8, 4) is 11.1 Å². The molecule has 0 aliphatic rings. The van der Waals surface area contributed by atoms with Crippen LogP contribution in [0.2, 0.25) is 0 Å². The highest BCUT2D eigenvalue weighted by atomic mass is 15.2. The fraction of sp³-hybridized carbons (Fsp3) is 0.389. The van der Waals surface area contributed by atoms with Gasteiger partial charge in [0.15, 0.2) is 0 Å². The average Bonchev–Trinajstić information content (AvgIpc) is 2.48. The van der Waals surface area contributed by atoms with Crippen LogP contribution < -0.4 is 4.90 Å². The monoisotopic (exact) mass is 268 g/mol. The number of nitrogens with zero attached hydrogens (tertiary/aromatic N) is 2. The molecule has 0 saturated carbocycles. The van der Waals surface area contributed by atoms with Gasteiger partial charge in [0.2, 0.25) is 0 Å². The van der Waals surface area contributed by atoms with Crippen molar-refractivity contribution in [2.75, 3.05) is 18.5 Å². The molecule has 0 bridgehead atoms. The van der Waals surface area contributed by atoms with Crippen LogP contribution >= 0.6 is 0 Å². The van der Waals surface area contributed by atoms with Crippen molar-refractivity contribution < 1.29 is 0 Å². The Morgan fingerprint density at radius 3 is 2.50 bits per heavy atom. The van der Waals surface area contributed by atoms with Crippen LogP contribution in [0.4, 0.5) is 5.82 Å². The highest BCUT2D eigenvalue weighted by Crippen LogP contribution is 2.24. The molecule has 0 unspecified atom stereocenters.